The largest absolute Gasteiger partial charge is 0.336 e. The van der Waals surface area contributed by atoms with Gasteiger partial charge in [0.15, 0.2) is 0 Å². The number of carbonyl (C=O) groups is 1. The number of fused-ring (bicyclic) bond motifs is 1. The van der Waals surface area contributed by atoms with Crippen LogP contribution in [0.4, 0.5) is 5.95 Å². The zero-order valence-electron chi connectivity index (χ0n) is 17.6. The predicted molar refractivity (Wildman–Crippen MR) is 121 cm³/mol. The van der Waals surface area contributed by atoms with Gasteiger partial charge in [-0.3, -0.25) is 9.78 Å². The number of carbonyl (C=O) groups excluding carboxylic acids is 1. The summed E-state index contributed by atoms with van der Waals surface area (Å²) >= 11 is 0. The first kappa shape index (κ1) is 18.9. The van der Waals surface area contributed by atoms with Crippen molar-refractivity contribution in [3.05, 3.63) is 71.9 Å². The van der Waals surface area contributed by atoms with Crippen molar-refractivity contribution < 1.29 is 4.79 Å². The number of anilines is 1. The van der Waals surface area contributed by atoms with E-state index in [1.807, 2.05) is 65.6 Å². The molecule has 0 unspecified atom stereocenters. The van der Waals surface area contributed by atoms with Crippen LogP contribution in [-0.4, -0.2) is 62.2 Å². The second-order valence-electron chi connectivity index (χ2n) is 8.39. The summed E-state index contributed by atoms with van der Waals surface area (Å²) in [6.07, 6.45) is 2.32. The maximum absolute atomic E-state index is 13.5. The molecule has 2 aromatic heterocycles. The number of para-hydroxylation sites is 2. The molecule has 0 spiro atoms. The van der Waals surface area contributed by atoms with Crippen LogP contribution >= 0.6 is 0 Å². The number of hydrogen-bond acceptors (Lipinski definition) is 6. The maximum Gasteiger partial charge on any atom is 0.254 e. The Balaban J connectivity index is 1.23. The summed E-state index contributed by atoms with van der Waals surface area (Å²) in [6, 6.07) is 19.8. The van der Waals surface area contributed by atoms with Crippen molar-refractivity contribution in [1.82, 2.24) is 30.1 Å². The first-order chi connectivity index (χ1) is 15.8. The lowest BCUT2D eigenvalue weighted by Crippen LogP contribution is -2.49. The molecule has 2 aromatic carbocycles. The van der Waals surface area contributed by atoms with E-state index in [2.05, 4.69) is 20.4 Å². The Morgan fingerprint density at radius 3 is 2.44 bits per heavy atom. The van der Waals surface area contributed by atoms with E-state index in [0.717, 1.165) is 40.7 Å². The monoisotopic (exact) mass is 425 g/mol. The van der Waals surface area contributed by atoms with E-state index in [-0.39, 0.29) is 5.91 Å². The minimum Gasteiger partial charge on any atom is -0.336 e. The molecule has 6 rings (SSSR count). The van der Waals surface area contributed by atoms with E-state index >= 15 is 0 Å². The van der Waals surface area contributed by atoms with Crippen molar-refractivity contribution in [3.63, 3.8) is 0 Å². The zero-order valence-corrected chi connectivity index (χ0v) is 17.6. The molecule has 1 saturated carbocycles. The van der Waals surface area contributed by atoms with Gasteiger partial charge in [-0.15, -0.1) is 0 Å². The van der Waals surface area contributed by atoms with Gasteiger partial charge in [0.25, 0.3) is 5.91 Å². The number of benzene rings is 2. The van der Waals surface area contributed by atoms with Gasteiger partial charge in [-0.1, -0.05) is 41.5 Å². The Kier molecular flexibility index (Phi) is 4.56. The highest BCUT2D eigenvalue weighted by Gasteiger charge is 2.30. The summed E-state index contributed by atoms with van der Waals surface area (Å²) in [6.45, 7) is 2.60. The molecule has 0 atom stereocenters. The number of hydrogen-bond donors (Lipinski definition) is 0. The van der Waals surface area contributed by atoms with Crippen LogP contribution in [0.1, 0.15) is 34.8 Å². The number of rotatable bonds is 4. The van der Waals surface area contributed by atoms with E-state index in [1.54, 1.807) is 4.68 Å². The van der Waals surface area contributed by atoms with Crippen LogP contribution in [0, 0.1) is 0 Å². The third-order valence-corrected chi connectivity index (χ3v) is 6.27. The quantitative estimate of drug-likeness (QED) is 0.500. The average molecular weight is 425 g/mol. The SMILES string of the molecule is O=C(c1cc(C2CC2)nc2ccccc12)N1CCN(c2nnnn2-c2ccccc2)CC1. The van der Waals surface area contributed by atoms with E-state index < -0.39 is 0 Å². The van der Waals surface area contributed by atoms with E-state index in [9.17, 15) is 4.79 Å². The Morgan fingerprint density at radius 1 is 0.906 bits per heavy atom. The highest BCUT2D eigenvalue weighted by molar-refractivity contribution is 6.06. The van der Waals surface area contributed by atoms with Crippen molar-refractivity contribution in [2.24, 2.45) is 0 Å². The van der Waals surface area contributed by atoms with E-state index in [1.165, 1.54) is 0 Å². The van der Waals surface area contributed by atoms with Gasteiger partial charge < -0.3 is 9.80 Å². The lowest BCUT2D eigenvalue weighted by Gasteiger charge is -2.35. The maximum atomic E-state index is 13.5. The van der Waals surface area contributed by atoms with Crippen molar-refractivity contribution in [1.29, 1.82) is 0 Å². The summed E-state index contributed by atoms with van der Waals surface area (Å²) in [4.78, 5) is 22.4. The fourth-order valence-corrected chi connectivity index (χ4v) is 4.36. The summed E-state index contributed by atoms with van der Waals surface area (Å²) < 4.78 is 1.75. The molecule has 8 nitrogen and oxygen atoms in total. The zero-order chi connectivity index (χ0) is 21.5. The molecule has 0 bridgehead atoms. The third-order valence-electron chi connectivity index (χ3n) is 6.27. The van der Waals surface area contributed by atoms with Crippen LogP contribution in [-0.2, 0) is 0 Å². The number of piperazine rings is 1. The van der Waals surface area contributed by atoms with Crippen LogP contribution in [0.3, 0.4) is 0 Å². The standard InChI is InChI=1S/C24H23N7O/c32-23(20-16-22(17-10-11-17)25-21-9-5-4-8-19(20)21)29-12-14-30(15-13-29)24-26-27-28-31(24)18-6-2-1-3-7-18/h1-9,16-17H,10-15H2. The summed E-state index contributed by atoms with van der Waals surface area (Å²) in [5.74, 6) is 1.28. The lowest BCUT2D eigenvalue weighted by molar-refractivity contribution is 0.0748. The molecule has 3 heterocycles. The average Bonchev–Trinajstić information content (AvgIpc) is 3.60. The minimum atomic E-state index is 0.0767. The number of pyridine rings is 1. The molecule has 2 aliphatic rings. The van der Waals surface area contributed by atoms with Crippen LogP contribution in [0.25, 0.3) is 16.6 Å². The van der Waals surface area contributed by atoms with Gasteiger partial charge in [-0.05, 0) is 47.5 Å². The number of nitrogens with zero attached hydrogens (tertiary/aromatic N) is 7. The van der Waals surface area contributed by atoms with Crippen LogP contribution in [0.2, 0.25) is 0 Å². The molecule has 8 heteroatoms. The molecule has 4 aromatic rings. The van der Waals surface area contributed by atoms with Gasteiger partial charge in [-0.25, -0.2) is 0 Å². The molecule has 1 saturated heterocycles. The van der Waals surface area contributed by atoms with Crippen LogP contribution < -0.4 is 4.90 Å². The van der Waals surface area contributed by atoms with Crippen LogP contribution in [0.15, 0.2) is 60.7 Å². The molecule has 0 N–H and O–H groups in total. The third kappa shape index (κ3) is 3.37. The summed E-state index contributed by atoms with van der Waals surface area (Å²) in [7, 11) is 0. The molecule has 0 radical (unpaired) electrons. The highest BCUT2D eigenvalue weighted by atomic mass is 16.2. The summed E-state index contributed by atoms with van der Waals surface area (Å²) in [5, 5.41) is 13.2. The van der Waals surface area contributed by atoms with Crippen molar-refractivity contribution in [2.45, 2.75) is 18.8 Å². The van der Waals surface area contributed by atoms with Gasteiger partial charge in [0.2, 0.25) is 5.95 Å². The number of amides is 1. The molecule has 1 aliphatic heterocycles. The number of aromatic nitrogens is 5. The fourth-order valence-electron chi connectivity index (χ4n) is 4.36. The molecule has 2 fully saturated rings. The predicted octanol–water partition coefficient (Wildman–Crippen LogP) is 3.05. The number of tetrazole rings is 1. The molecule has 1 amide bonds. The topological polar surface area (TPSA) is 80.0 Å². The second-order valence-corrected chi connectivity index (χ2v) is 8.39. The molecule has 160 valence electrons. The molecular formula is C24H23N7O. The summed E-state index contributed by atoms with van der Waals surface area (Å²) in [5.41, 5.74) is 3.63. The minimum absolute atomic E-state index is 0.0767. The first-order valence-corrected chi connectivity index (χ1v) is 11.1. The van der Waals surface area contributed by atoms with Crippen molar-refractivity contribution >= 4 is 22.8 Å². The Bertz CT molecular complexity index is 1270. The van der Waals surface area contributed by atoms with Gasteiger partial charge in [0.1, 0.15) is 0 Å². The molecule has 1 aliphatic carbocycles. The lowest BCUT2D eigenvalue weighted by atomic mass is 10.0. The first-order valence-electron chi connectivity index (χ1n) is 11.1. The van der Waals surface area contributed by atoms with Crippen molar-refractivity contribution in [2.75, 3.05) is 31.1 Å². The Hall–Kier alpha value is -3.81. The fraction of sp³-hybridized carbons (Fsp3) is 0.292. The van der Waals surface area contributed by atoms with E-state index in [4.69, 9.17) is 4.98 Å². The van der Waals surface area contributed by atoms with Crippen LogP contribution in [0.5, 0.6) is 0 Å². The Morgan fingerprint density at radius 2 is 1.66 bits per heavy atom. The van der Waals surface area contributed by atoms with Gasteiger partial charge in [-0.2, -0.15) is 4.68 Å². The van der Waals surface area contributed by atoms with Gasteiger partial charge in [0.05, 0.1) is 16.8 Å². The molecular weight excluding hydrogens is 402 g/mol. The molecule has 32 heavy (non-hydrogen) atoms. The van der Waals surface area contributed by atoms with Gasteiger partial charge >= 0.3 is 0 Å². The normalized spacial score (nSPS) is 16.5. The van der Waals surface area contributed by atoms with E-state index in [0.29, 0.717) is 38.0 Å². The van der Waals surface area contributed by atoms with Gasteiger partial charge in [0, 0.05) is 43.2 Å². The Labute approximate surface area is 185 Å². The smallest absolute Gasteiger partial charge is 0.254 e. The van der Waals surface area contributed by atoms with Crippen molar-refractivity contribution in [3.8, 4) is 5.69 Å². The second kappa shape index (κ2) is 7.71. The highest BCUT2D eigenvalue weighted by Crippen LogP contribution is 2.40.